The highest BCUT2D eigenvalue weighted by molar-refractivity contribution is 7.96. The lowest BCUT2D eigenvalue weighted by Gasteiger charge is -2.23. The van der Waals surface area contributed by atoms with Gasteiger partial charge in [0.05, 0.1) is 12.5 Å². The van der Waals surface area contributed by atoms with Gasteiger partial charge in [0, 0.05) is 5.41 Å². The lowest BCUT2D eigenvalue weighted by atomic mass is 9.81. The second-order valence-electron chi connectivity index (χ2n) is 4.98. The third kappa shape index (κ3) is 1.65. The molecule has 2 saturated carbocycles. The van der Waals surface area contributed by atoms with E-state index in [1.165, 1.54) is 32.1 Å². The fraction of sp³-hybridized carbons (Fsp3) is 0.909. The standard InChI is InChI=1S/C11H19OS/c1-13(2)8-10(12)11-5-3-9(7-11)4-6-11/h9H,3-8H2,1-2H3/q+1. The SMILES string of the molecule is C[S+](C)CC(=O)C12CCC(CC1)C2. The smallest absolute Gasteiger partial charge is 0.187 e. The molecule has 0 unspecified atom stereocenters. The highest BCUT2D eigenvalue weighted by Crippen LogP contribution is 2.54. The van der Waals surface area contributed by atoms with E-state index >= 15 is 0 Å². The van der Waals surface area contributed by atoms with Gasteiger partial charge in [-0.2, -0.15) is 0 Å². The maximum atomic E-state index is 12.0. The molecule has 2 aliphatic rings. The molecule has 0 atom stereocenters. The number of Topliss-reactive ketones (excluding diaryl/α,β-unsaturated/α-hetero) is 1. The normalized spacial score (nSPS) is 37.3. The van der Waals surface area contributed by atoms with Crippen LogP contribution in [0, 0.1) is 11.3 Å². The molecular weight excluding hydrogens is 180 g/mol. The second kappa shape index (κ2) is 3.30. The number of hydrogen-bond acceptors (Lipinski definition) is 1. The van der Waals surface area contributed by atoms with E-state index in [-0.39, 0.29) is 5.41 Å². The first-order valence-electron chi connectivity index (χ1n) is 5.20. The van der Waals surface area contributed by atoms with E-state index in [9.17, 15) is 4.79 Å². The minimum Gasteiger partial charge on any atom is -0.294 e. The van der Waals surface area contributed by atoms with Crippen molar-refractivity contribution in [2.24, 2.45) is 11.3 Å². The van der Waals surface area contributed by atoms with E-state index in [1.54, 1.807) is 0 Å². The van der Waals surface area contributed by atoms with Crippen molar-refractivity contribution in [1.82, 2.24) is 0 Å². The average Bonchev–Trinajstić information content (AvgIpc) is 2.62. The molecule has 0 heterocycles. The molecule has 0 N–H and O–H groups in total. The van der Waals surface area contributed by atoms with E-state index in [1.807, 2.05) is 0 Å². The van der Waals surface area contributed by atoms with Gasteiger partial charge >= 0.3 is 0 Å². The molecule has 74 valence electrons. The summed E-state index contributed by atoms with van der Waals surface area (Å²) < 4.78 is 0. The van der Waals surface area contributed by atoms with Crippen LogP contribution in [0.2, 0.25) is 0 Å². The molecule has 0 aromatic carbocycles. The van der Waals surface area contributed by atoms with Gasteiger partial charge < -0.3 is 0 Å². The zero-order valence-corrected chi connectivity index (χ0v) is 9.45. The molecule has 2 bridgehead atoms. The maximum absolute atomic E-state index is 12.0. The third-order valence-electron chi connectivity index (χ3n) is 3.75. The molecular formula is C11H19OS+. The van der Waals surface area contributed by atoms with Gasteiger partial charge in [-0.3, -0.25) is 4.79 Å². The van der Waals surface area contributed by atoms with Crippen LogP contribution in [0.15, 0.2) is 0 Å². The monoisotopic (exact) mass is 199 g/mol. The Labute approximate surface area is 83.6 Å². The molecule has 0 aliphatic heterocycles. The summed E-state index contributed by atoms with van der Waals surface area (Å²) in [5, 5.41) is 0. The number of carbonyl (C=O) groups excluding carboxylic acids is 1. The van der Waals surface area contributed by atoms with Crippen LogP contribution >= 0.6 is 0 Å². The van der Waals surface area contributed by atoms with Gasteiger partial charge in [-0.1, -0.05) is 0 Å². The zero-order chi connectivity index (χ0) is 9.47. The Morgan fingerprint density at radius 3 is 2.38 bits per heavy atom. The third-order valence-corrected chi connectivity index (χ3v) is 4.59. The fourth-order valence-corrected chi connectivity index (χ4v) is 3.83. The summed E-state index contributed by atoms with van der Waals surface area (Å²) in [6.07, 6.45) is 10.6. The fourth-order valence-electron chi connectivity index (χ4n) is 3.00. The number of hydrogen-bond donors (Lipinski definition) is 0. The average molecular weight is 199 g/mol. The first-order valence-corrected chi connectivity index (χ1v) is 7.41. The Bertz CT molecular complexity index is 214. The van der Waals surface area contributed by atoms with Crippen molar-refractivity contribution >= 4 is 16.7 Å². The largest absolute Gasteiger partial charge is 0.294 e. The van der Waals surface area contributed by atoms with Gasteiger partial charge in [-0.05, 0) is 48.9 Å². The molecule has 0 spiro atoms. The van der Waals surface area contributed by atoms with Crippen LogP contribution in [0.1, 0.15) is 32.1 Å². The second-order valence-corrected chi connectivity index (χ2v) is 7.24. The van der Waals surface area contributed by atoms with Crippen LogP contribution < -0.4 is 0 Å². The van der Waals surface area contributed by atoms with Crippen molar-refractivity contribution in [3.63, 3.8) is 0 Å². The first kappa shape index (κ1) is 9.57. The van der Waals surface area contributed by atoms with Gasteiger partial charge in [0.2, 0.25) is 0 Å². The molecule has 13 heavy (non-hydrogen) atoms. The number of fused-ring (bicyclic) bond motifs is 2. The molecule has 0 aromatic heterocycles. The highest BCUT2D eigenvalue weighted by atomic mass is 32.2. The first-order chi connectivity index (χ1) is 6.12. The molecule has 0 amide bonds. The summed E-state index contributed by atoms with van der Waals surface area (Å²) in [6.45, 7) is 0. The molecule has 0 aromatic rings. The minimum absolute atomic E-state index is 0.169. The van der Waals surface area contributed by atoms with Crippen molar-refractivity contribution in [3.05, 3.63) is 0 Å². The molecule has 0 saturated heterocycles. The molecule has 2 heteroatoms. The van der Waals surface area contributed by atoms with Crippen LogP contribution in [0.3, 0.4) is 0 Å². The van der Waals surface area contributed by atoms with Crippen molar-refractivity contribution in [2.45, 2.75) is 32.1 Å². The van der Waals surface area contributed by atoms with E-state index < -0.39 is 0 Å². The summed E-state index contributed by atoms with van der Waals surface area (Å²) in [4.78, 5) is 12.0. The molecule has 0 radical (unpaired) electrons. The van der Waals surface area contributed by atoms with E-state index in [4.69, 9.17) is 0 Å². The topological polar surface area (TPSA) is 17.1 Å². The lowest BCUT2D eigenvalue weighted by molar-refractivity contribution is -0.125. The molecule has 2 aliphatic carbocycles. The Balaban J connectivity index is 2.03. The Kier molecular flexibility index (Phi) is 2.43. The van der Waals surface area contributed by atoms with E-state index in [0.717, 1.165) is 11.7 Å². The van der Waals surface area contributed by atoms with Crippen LogP contribution in [0.5, 0.6) is 0 Å². The summed E-state index contributed by atoms with van der Waals surface area (Å²) in [5.74, 6) is 2.33. The molecule has 2 rings (SSSR count). The van der Waals surface area contributed by atoms with Gasteiger partial charge in [-0.25, -0.2) is 0 Å². The quantitative estimate of drug-likeness (QED) is 0.636. The van der Waals surface area contributed by atoms with Crippen molar-refractivity contribution in [2.75, 3.05) is 18.3 Å². The summed E-state index contributed by atoms with van der Waals surface area (Å²) in [6, 6.07) is 0. The van der Waals surface area contributed by atoms with Crippen molar-refractivity contribution in [3.8, 4) is 0 Å². The maximum Gasteiger partial charge on any atom is 0.187 e. The van der Waals surface area contributed by atoms with E-state index in [0.29, 0.717) is 16.7 Å². The molecule has 2 fully saturated rings. The van der Waals surface area contributed by atoms with E-state index in [2.05, 4.69) is 12.5 Å². The van der Waals surface area contributed by atoms with Crippen molar-refractivity contribution < 1.29 is 4.79 Å². The lowest BCUT2D eigenvalue weighted by Crippen LogP contribution is -2.31. The minimum atomic E-state index is 0.169. The van der Waals surface area contributed by atoms with Gasteiger partial charge in [0.1, 0.15) is 0 Å². The number of rotatable bonds is 3. The Morgan fingerprint density at radius 1 is 1.38 bits per heavy atom. The predicted molar refractivity (Wildman–Crippen MR) is 58.1 cm³/mol. The van der Waals surface area contributed by atoms with Gasteiger partial charge in [0.15, 0.2) is 11.5 Å². The summed E-state index contributed by atoms with van der Waals surface area (Å²) in [5.41, 5.74) is 0.169. The van der Waals surface area contributed by atoms with Crippen molar-refractivity contribution in [1.29, 1.82) is 0 Å². The Morgan fingerprint density at radius 2 is 2.00 bits per heavy atom. The summed E-state index contributed by atoms with van der Waals surface area (Å²) >= 11 is 0. The van der Waals surface area contributed by atoms with Crippen LogP contribution in [-0.2, 0) is 15.7 Å². The highest BCUT2D eigenvalue weighted by Gasteiger charge is 2.50. The van der Waals surface area contributed by atoms with Crippen LogP contribution in [0.25, 0.3) is 0 Å². The predicted octanol–water partition coefficient (Wildman–Crippen LogP) is 2.01. The summed E-state index contributed by atoms with van der Waals surface area (Å²) in [7, 11) is 0.300. The zero-order valence-electron chi connectivity index (χ0n) is 8.64. The number of ketones is 1. The van der Waals surface area contributed by atoms with Gasteiger partial charge in [0.25, 0.3) is 0 Å². The van der Waals surface area contributed by atoms with Crippen LogP contribution in [-0.4, -0.2) is 24.0 Å². The molecule has 1 nitrogen and oxygen atoms in total. The van der Waals surface area contributed by atoms with Gasteiger partial charge in [-0.15, -0.1) is 0 Å². The Hall–Kier alpha value is 0.0200. The van der Waals surface area contributed by atoms with Crippen LogP contribution in [0.4, 0.5) is 0 Å². The number of carbonyl (C=O) groups is 1.